The lowest BCUT2D eigenvalue weighted by molar-refractivity contribution is 0.357. The number of rotatable bonds is 3. The van der Waals surface area contributed by atoms with Gasteiger partial charge >= 0.3 is 5.69 Å². The third-order valence-corrected chi connectivity index (χ3v) is 7.78. The fourth-order valence-electron chi connectivity index (χ4n) is 4.08. The minimum absolute atomic E-state index is 0.0729. The molecule has 0 unspecified atom stereocenters. The molecule has 1 aromatic carbocycles. The Hall–Kier alpha value is -2.59. The van der Waals surface area contributed by atoms with Gasteiger partial charge in [0, 0.05) is 25.6 Å². The number of nitrogens with zero attached hydrogens (tertiary/aromatic N) is 4. The Kier molecular flexibility index (Phi) is 4.51. The average Bonchev–Trinajstić information content (AvgIpc) is 3.25. The second-order valence-corrected chi connectivity index (χ2v) is 10.4. The number of halogens is 1. The van der Waals surface area contributed by atoms with Gasteiger partial charge in [0.25, 0.3) is 0 Å². The molecule has 0 amide bonds. The number of hydrogen-bond donors (Lipinski definition) is 1. The van der Waals surface area contributed by atoms with E-state index >= 15 is 0 Å². The molecule has 1 N–H and O–H groups in total. The molecule has 30 heavy (non-hydrogen) atoms. The van der Waals surface area contributed by atoms with Gasteiger partial charge in [0.15, 0.2) is 5.65 Å². The average molecular weight is 450 g/mol. The molecular formula is C19H20ClN5O4S. The van der Waals surface area contributed by atoms with E-state index in [0.717, 1.165) is 17.7 Å². The summed E-state index contributed by atoms with van der Waals surface area (Å²) in [6.07, 6.45) is 3.19. The summed E-state index contributed by atoms with van der Waals surface area (Å²) in [5, 5.41) is 3.62. The topological polar surface area (TPSA) is 108 Å². The highest BCUT2D eigenvalue weighted by molar-refractivity contribution is 7.91. The molecule has 5 rings (SSSR count). The number of imidazole rings is 1. The predicted molar refractivity (Wildman–Crippen MR) is 114 cm³/mol. The molecule has 0 atom stereocenters. The van der Waals surface area contributed by atoms with Crippen LogP contribution in [0.4, 0.5) is 11.6 Å². The molecule has 0 saturated carbocycles. The fourth-order valence-corrected chi connectivity index (χ4v) is 5.74. The van der Waals surface area contributed by atoms with Gasteiger partial charge in [0.05, 0.1) is 35.0 Å². The largest absolute Gasteiger partial charge is 0.493 e. The second-order valence-electron chi connectivity index (χ2n) is 7.66. The third kappa shape index (κ3) is 3.24. The number of aryl methyl sites for hydroxylation is 1. The summed E-state index contributed by atoms with van der Waals surface area (Å²) >= 11 is 6.37. The van der Waals surface area contributed by atoms with E-state index in [9.17, 15) is 13.2 Å². The molecule has 0 bridgehead atoms. The summed E-state index contributed by atoms with van der Waals surface area (Å²) in [4.78, 5) is 21.8. The molecule has 2 aromatic heterocycles. The van der Waals surface area contributed by atoms with Crippen LogP contribution >= 0.6 is 11.6 Å². The summed E-state index contributed by atoms with van der Waals surface area (Å²) in [7, 11) is -1.37. The number of anilines is 2. The molecule has 1 fully saturated rings. The van der Waals surface area contributed by atoms with E-state index in [-0.39, 0.29) is 23.2 Å². The highest BCUT2D eigenvalue weighted by Crippen LogP contribution is 2.35. The van der Waals surface area contributed by atoms with E-state index in [1.54, 1.807) is 23.9 Å². The van der Waals surface area contributed by atoms with Crippen LogP contribution in [0.2, 0.25) is 5.02 Å². The molecule has 2 aliphatic heterocycles. The molecule has 11 heteroatoms. The van der Waals surface area contributed by atoms with Crippen molar-refractivity contribution in [2.75, 3.05) is 23.4 Å². The van der Waals surface area contributed by atoms with Gasteiger partial charge in [-0.05, 0) is 24.5 Å². The summed E-state index contributed by atoms with van der Waals surface area (Å²) < 4.78 is 32.2. The Morgan fingerprint density at radius 1 is 1.27 bits per heavy atom. The van der Waals surface area contributed by atoms with Gasteiger partial charge in [-0.1, -0.05) is 11.6 Å². The monoisotopic (exact) mass is 449 g/mol. The number of ether oxygens (including phenoxy) is 1. The first kappa shape index (κ1) is 19.4. The maximum absolute atomic E-state index is 12.9. The molecule has 2 aliphatic rings. The van der Waals surface area contributed by atoms with Crippen LogP contribution in [0.5, 0.6) is 5.75 Å². The molecule has 158 valence electrons. The van der Waals surface area contributed by atoms with Crippen LogP contribution in [0.1, 0.15) is 24.4 Å². The van der Waals surface area contributed by atoms with Crippen molar-refractivity contribution in [2.45, 2.75) is 25.3 Å². The molecule has 3 aromatic rings. The van der Waals surface area contributed by atoms with Crippen LogP contribution in [0.15, 0.2) is 23.1 Å². The number of sulfone groups is 1. The normalized spacial score (nSPS) is 18.3. The fraction of sp³-hybridized carbons (Fsp3) is 0.421. The number of aromatic nitrogens is 4. The molecule has 9 nitrogen and oxygen atoms in total. The van der Waals surface area contributed by atoms with E-state index in [1.807, 2.05) is 6.07 Å². The lowest BCUT2D eigenvalue weighted by Gasteiger charge is -2.22. The van der Waals surface area contributed by atoms with E-state index in [0.29, 0.717) is 47.3 Å². The van der Waals surface area contributed by atoms with E-state index < -0.39 is 9.84 Å². The summed E-state index contributed by atoms with van der Waals surface area (Å²) in [6.45, 7) is 0.630. The molecule has 4 heterocycles. The summed E-state index contributed by atoms with van der Waals surface area (Å²) in [5.74, 6) is 1.24. The van der Waals surface area contributed by atoms with Crippen molar-refractivity contribution in [3.63, 3.8) is 0 Å². The van der Waals surface area contributed by atoms with Gasteiger partial charge < -0.3 is 10.1 Å². The van der Waals surface area contributed by atoms with Crippen molar-refractivity contribution < 1.29 is 13.2 Å². The second kappa shape index (κ2) is 6.98. The molecule has 0 aliphatic carbocycles. The Balaban J connectivity index is 1.54. The van der Waals surface area contributed by atoms with Gasteiger partial charge in [-0.25, -0.2) is 18.2 Å². The SMILES string of the molecule is Cn1c(=O)n(C2CCS(=O)(=O)CC2)c2nc(Nc3cc4c(cc3Cl)OCC4)ncc21. The van der Waals surface area contributed by atoms with E-state index in [2.05, 4.69) is 15.3 Å². The van der Waals surface area contributed by atoms with Crippen LogP contribution < -0.4 is 15.7 Å². The van der Waals surface area contributed by atoms with Gasteiger partial charge in [0.2, 0.25) is 5.95 Å². The highest BCUT2D eigenvalue weighted by Gasteiger charge is 2.28. The zero-order chi connectivity index (χ0) is 21.0. The first-order valence-electron chi connectivity index (χ1n) is 9.69. The van der Waals surface area contributed by atoms with Crippen molar-refractivity contribution >= 4 is 44.2 Å². The predicted octanol–water partition coefficient (Wildman–Crippen LogP) is 2.21. The number of benzene rings is 1. The van der Waals surface area contributed by atoms with E-state index in [1.165, 1.54) is 4.57 Å². The number of hydrogen-bond acceptors (Lipinski definition) is 7. The van der Waals surface area contributed by atoms with Gasteiger partial charge in [-0.3, -0.25) is 9.13 Å². The maximum atomic E-state index is 12.9. The Bertz CT molecular complexity index is 1320. The number of fused-ring (bicyclic) bond motifs is 2. The standard InChI is InChI=1S/C19H20ClN5O4S/c1-24-15-10-21-18(22-14-8-11-2-5-29-16(11)9-13(14)20)23-17(15)25(19(24)26)12-3-6-30(27,28)7-4-12/h8-10,12H,2-7H2,1H3,(H,21,22,23). The lowest BCUT2D eigenvalue weighted by atomic mass is 10.1. The lowest BCUT2D eigenvalue weighted by Crippen LogP contribution is -2.32. The van der Waals surface area contributed by atoms with Crippen LogP contribution in [0.25, 0.3) is 11.2 Å². The zero-order valence-corrected chi connectivity index (χ0v) is 17.8. The Morgan fingerprint density at radius 3 is 2.80 bits per heavy atom. The van der Waals surface area contributed by atoms with Crippen LogP contribution in [0, 0.1) is 0 Å². The Morgan fingerprint density at radius 2 is 2.03 bits per heavy atom. The minimum atomic E-state index is -3.03. The van der Waals surface area contributed by atoms with Crippen molar-refractivity contribution in [2.24, 2.45) is 7.05 Å². The smallest absolute Gasteiger partial charge is 0.330 e. The van der Waals surface area contributed by atoms with Crippen molar-refractivity contribution in [3.8, 4) is 5.75 Å². The number of nitrogens with one attached hydrogen (secondary N) is 1. The first-order chi connectivity index (χ1) is 14.3. The van der Waals surface area contributed by atoms with Crippen molar-refractivity contribution in [1.82, 2.24) is 19.1 Å². The molecular weight excluding hydrogens is 430 g/mol. The van der Waals surface area contributed by atoms with E-state index in [4.69, 9.17) is 16.3 Å². The third-order valence-electron chi connectivity index (χ3n) is 5.75. The molecule has 0 radical (unpaired) electrons. The Labute approximate surface area is 177 Å². The van der Waals surface area contributed by atoms with Crippen LogP contribution in [0.3, 0.4) is 0 Å². The first-order valence-corrected chi connectivity index (χ1v) is 11.9. The minimum Gasteiger partial charge on any atom is -0.493 e. The quantitative estimate of drug-likeness (QED) is 0.653. The zero-order valence-electron chi connectivity index (χ0n) is 16.3. The highest BCUT2D eigenvalue weighted by atomic mass is 35.5. The summed E-state index contributed by atoms with van der Waals surface area (Å²) in [5.41, 5.74) is 2.56. The maximum Gasteiger partial charge on any atom is 0.330 e. The van der Waals surface area contributed by atoms with Gasteiger partial charge in [-0.15, -0.1) is 0 Å². The van der Waals surface area contributed by atoms with Crippen LogP contribution in [-0.2, 0) is 23.3 Å². The molecule has 1 saturated heterocycles. The van der Waals surface area contributed by atoms with Gasteiger partial charge in [-0.2, -0.15) is 4.98 Å². The van der Waals surface area contributed by atoms with Gasteiger partial charge in [0.1, 0.15) is 21.1 Å². The van der Waals surface area contributed by atoms with Crippen LogP contribution in [-0.4, -0.2) is 45.6 Å². The van der Waals surface area contributed by atoms with Crippen molar-refractivity contribution in [3.05, 3.63) is 39.4 Å². The van der Waals surface area contributed by atoms with Crippen molar-refractivity contribution in [1.29, 1.82) is 0 Å². The summed E-state index contributed by atoms with van der Waals surface area (Å²) in [6, 6.07) is 3.47. The molecule has 0 spiro atoms.